The summed E-state index contributed by atoms with van der Waals surface area (Å²) in [4.78, 5) is 33.3. The van der Waals surface area contributed by atoms with E-state index in [2.05, 4.69) is 33.9 Å². The van der Waals surface area contributed by atoms with Gasteiger partial charge in [0.1, 0.15) is 5.82 Å². The second-order valence-corrected chi connectivity index (χ2v) is 12.4. The number of carbonyl (C=O) groups is 2. The van der Waals surface area contributed by atoms with Gasteiger partial charge in [-0.1, -0.05) is 26.0 Å². The van der Waals surface area contributed by atoms with Gasteiger partial charge in [0.2, 0.25) is 0 Å². The van der Waals surface area contributed by atoms with Crippen LogP contribution in [0.25, 0.3) is 11.1 Å². The van der Waals surface area contributed by atoms with Crippen molar-refractivity contribution in [3.8, 4) is 11.1 Å². The van der Waals surface area contributed by atoms with Crippen molar-refractivity contribution in [2.45, 2.75) is 52.3 Å². The van der Waals surface area contributed by atoms with E-state index in [9.17, 15) is 27.9 Å². The Morgan fingerprint density at radius 3 is 2.22 bits per heavy atom. The first-order valence-corrected chi connectivity index (χ1v) is 14.7. The number of hydrogen-bond donors (Lipinski definition) is 2. The van der Waals surface area contributed by atoms with Gasteiger partial charge in [0.15, 0.2) is 0 Å². The van der Waals surface area contributed by atoms with Crippen LogP contribution in [0, 0.1) is 11.3 Å². The molecule has 244 valence electrons. The lowest BCUT2D eigenvalue weighted by atomic mass is 9.84. The summed E-state index contributed by atoms with van der Waals surface area (Å²) < 4.78 is 39.5. The Hall–Kier alpha value is -3.34. The Morgan fingerprint density at radius 1 is 1.00 bits per heavy atom. The number of rotatable bonds is 7. The van der Waals surface area contributed by atoms with Crippen molar-refractivity contribution < 1.29 is 27.9 Å². The van der Waals surface area contributed by atoms with Crippen molar-refractivity contribution in [3.05, 3.63) is 77.5 Å². The zero-order valence-electron chi connectivity index (χ0n) is 25.3. The summed E-state index contributed by atoms with van der Waals surface area (Å²) in [5.74, 6) is -1.02. The number of halogens is 5. The number of piperidine rings is 2. The van der Waals surface area contributed by atoms with Crippen LogP contribution >= 0.6 is 24.8 Å². The number of carbonyl (C=O) groups excluding carboxylic acids is 1. The Kier molecular flexibility index (Phi) is 11.9. The Bertz CT molecular complexity index is 1460. The molecular formula is C33H39Cl2F3N4O3. The Labute approximate surface area is 274 Å². The number of likely N-dealkylation sites (tertiary alicyclic amines) is 1. The highest BCUT2D eigenvalue weighted by Gasteiger charge is 2.31. The number of nitrogens with one attached hydrogen (secondary N) is 1. The summed E-state index contributed by atoms with van der Waals surface area (Å²) in [5.41, 5.74) is 3.09. The van der Waals surface area contributed by atoms with Gasteiger partial charge in [0.25, 0.3) is 5.91 Å². The molecule has 7 nitrogen and oxygen atoms in total. The molecule has 0 bridgehead atoms. The fraction of sp³-hybridized carbons (Fsp3) is 0.424. The molecule has 5 rings (SSSR count). The molecule has 12 heteroatoms. The summed E-state index contributed by atoms with van der Waals surface area (Å²) in [6.45, 7) is 8.15. The average Bonchev–Trinajstić information content (AvgIpc) is 2.96. The van der Waals surface area contributed by atoms with E-state index in [0.717, 1.165) is 54.9 Å². The average molecular weight is 668 g/mol. The minimum Gasteiger partial charge on any atom is -0.481 e. The van der Waals surface area contributed by atoms with Crippen LogP contribution in [0.2, 0.25) is 0 Å². The van der Waals surface area contributed by atoms with Gasteiger partial charge < -0.3 is 15.3 Å². The lowest BCUT2D eigenvalue weighted by Gasteiger charge is -2.38. The fourth-order valence-electron chi connectivity index (χ4n) is 6.11. The highest BCUT2D eigenvalue weighted by Crippen LogP contribution is 2.34. The minimum absolute atomic E-state index is 0. The summed E-state index contributed by atoms with van der Waals surface area (Å²) >= 11 is 0. The first-order valence-electron chi connectivity index (χ1n) is 14.7. The second-order valence-electron chi connectivity index (χ2n) is 12.4. The van der Waals surface area contributed by atoms with E-state index in [0.29, 0.717) is 49.4 Å². The fourth-order valence-corrected chi connectivity index (χ4v) is 6.11. The third-order valence-corrected chi connectivity index (χ3v) is 8.47. The summed E-state index contributed by atoms with van der Waals surface area (Å²) in [6.07, 6.45) is 0.568. The van der Waals surface area contributed by atoms with Crippen molar-refractivity contribution in [1.82, 2.24) is 9.88 Å². The Morgan fingerprint density at radius 2 is 1.64 bits per heavy atom. The predicted octanol–water partition coefficient (Wildman–Crippen LogP) is 7.79. The van der Waals surface area contributed by atoms with Gasteiger partial charge in [-0.15, -0.1) is 24.8 Å². The van der Waals surface area contributed by atoms with Crippen molar-refractivity contribution in [2.75, 3.05) is 36.4 Å². The molecule has 1 amide bonds. The van der Waals surface area contributed by atoms with E-state index in [4.69, 9.17) is 0 Å². The van der Waals surface area contributed by atoms with Gasteiger partial charge in [-0.05, 0) is 91.2 Å². The normalized spacial score (nSPS) is 17.1. The summed E-state index contributed by atoms with van der Waals surface area (Å²) in [5, 5.41) is 12.1. The van der Waals surface area contributed by atoms with E-state index >= 15 is 0 Å². The molecule has 2 fully saturated rings. The third kappa shape index (κ3) is 9.11. The number of nitrogens with zero attached hydrogens (tertiary/aromatic N) is 3. The number of amides is 1. The molecule has 3 heterocycles. The van der Waals surface area contributed by atoms with Crippen molar-refractivity contribution in [1.29, 1.82) is 0 Å². The molecule has 0 aliphatic carbocycles. The number of anilines is 2. The molecular weight excluding hydrogens is 628 g/mol. The van der Waals surface area contributed by atoms with Crippen molar-refractivity contribution >= 4 is 48.2 Å². The molecule has 0 saturated carbocycles. The van der Waals surface area contributed by atoms with Crippen LogP contribution in [0.1, 0.15) is 61.0 Å². The molecule has 2 aliphatic rings. The van der Waals surface area contributed by atoms with Gasteiger partial charge in [0.05, 0.1) is 11.5 Å². The molecule has 2 N–H and O–H groups in total. The molecule has 0 unspecified atom stereocenters. The summed E-state index contributed by atoms with van der Waals surface area (Å²) in [7, 11) is 0. The topological polar surface area (TPSA) is 85.8 Å². The molecule has 0 spiro atoms. The van der Waals surface area contributed by atoms with Gasteiger partial charge in [-0.3, -0.25) is 14.5 Å². The van der Waals surface area contributed by atoms with Crippen LogP contribution in [0.3, 0.4) is 0 Å². The third-order valence-electron chi connectivity index (χ3n) is 8.47. The van der Waals surface area contributed by atoms with E-state index < -0.39 is 17.7 Å². The molecule has 3 aromatic rings. The minimum atomic E-state index is -4.41. The van der Waals surface area contributed by atoms with Crippen LogP contribution in [0.4, 0.5) is 24.7 Å². The number of pyridine rings is 1. The highest BCUT2D eigenvalue weighted by molar-refractivity contribution is 6.04. The number of aromatic nitrogens is 1. The first kappa shape index (κ1) is 36.1. The van der Waals surface area contributed by atoms with Crippen LogP contribution < -0.4 is 10.2 Å². The standard InChI is InChI=1S/C33H37F3N4O3.2ClH/c1-32(2)14-3-15-39(21-32)20-25-18-29(37-19-28(25)22-4-8-26(9-5-22)33(34,35)36)38-30(41)23-6-10-27(11-7-23)40-16-12-24(13-17-40)31(42)43;;/h4-11,18-19,24H,3,12-17,20-21H2,1-2H3,(H,42,43)(H,37,38,41);2*1H. The lowest BCUT2D eigenvalue weighted by molar-refractivity contribution is -0.142. The number of hydrogen-bond acceptors (Lipinski definition) is 5. The number of carboxylic acid groups (broad SMARTS) is 1. The SMILES string of the molecule is CC1(C)CCCN(Cc2cc(NC(=O)c3ccc(N4CCC(C(=O)O)CC4)cc3)ncc2-c2ccc(C(F)(F)F)cc2)C1.Cl.Cl. The van der Waals surface area contributed by atoms with Gasteiger partial charge in [0, 0.05) is 49.2 Å². The monoisotopic (exact) mass is 666 g/mol. The van der Waals surface area contributed by atoms with E-state index in [1.807, 2.05) is 18.2 Å². The summed E-state index contributed by atoms with van der Waals surface area (Å²) in [6, 6.07) is 14.1. The number of aliphatic carboxylic acids is 1. The highest BCUT2D eigenvalue weighted by atomic mass is 35.5. The number of carboxylic acids is 1. The van der Waals surface area contributed by atoms with Gasteiger partial charge in [-0.2, -0.15) is 13.2 Å². The first-order chi connectivity index (χ1) is 20.4. The quantitative estimate of drug-likeness (QED) is 0.268. The van der Waals surface area contributed by atoms with E-state index in [1.165, 1.54) is 12.1 Å². The maximum atomic E-state index is 13.2. The van der Waals surface area contributed by atoms with Gasteiger partial charge in [-0.25, -0.2) is 4.98 Å². The molecule has 2 saturated heterocycles. The smallest absolute Gasteiger partial charge is 0.416 e. The van der Waals surface area contributed by atoms with Crippen LogP contribution in [-0.4, -0.2) is 53.0 Å². The molecule has 0 radical (unpaired) electrons. The maximum absolute atomic E-state index is 13.2. The molecule has 2 aromatic carbocycles. The second kappa shape index (κ2) is 14.8. The zero-order chi connectivity index (χ0) is 30.8. The zero-order valence-corrected chi connectivity index (χ0v) is 26.9. The van der Waals surface area contributed by atoms with E-state index in [1.54, 1.807) is 18.3 Å². The van der Waals surface area contributed by atoms with Crippen LogP contribution in [-0.2, 0) is 17.5 Å². The number of benzene rings is 2. The number of alkyl halides is 3. The van der Waals surface area contributed by atoms with Crippen LogP contribution in [0.5, 0.6) is 0 Å². The molecule has 45 heavy (non-hydrogen) atoms. The molecule has 1 aromatic heterocycles. The van der Waals surface area contributed by atoms with E-state index in [-0.39, 0.29) is 42.1 Å². The predicted molar refractivity (Wildman–Crippen MR) is 174 cm³/mol. The van der Waals surface area contributed by atoms with Gasteiger partial charge >= 0.3 is 12.1 Å². The molecule has 0 atom stereocenters. The largest absolute Gasteiger partial charge is 0.481 e. The Balaban J connectivity index is 0.00000276. The van der Waals surface area contributed by atoms with Crippen LogP contribution in [0.15, 0.2) is 60.8 Å². The van der Waals surface area contributed by atoms with Crippen molar-refractivity contribution in [3.63, 3.8) is 0 Å². The lowest BCUT2D eigenvalue weighted by Crippen LogP contribution is -2.39. The molecule has 2 aliphatic heterocycles. The maximum Gasteiger partial charge on any atom is 0.416 e. The van der Waals surface area contributed by atoms with Crippen molar-refractivity contribution in [2.24, 2.45) is 11.3 Å².